The van der Waals surface area contributed by atoms with Crippen LogP contribution < -0.4 is 0 Å². The highest BCUT2D eigenvalue weighted by molar-refractivity contribution is 5.75. The fraction of sp³-hybridized carbons (Fsp3) is 0.533. The smallest absolute Gasteiger partial charge is 0.410 e. The molecule has 112 valence electrons. The number of fused-ring (bicyclic) bond motifs is 1. The second-order valence-corrected chi connectivity index (χ2v) is 6.51. The first-order valence-corrected chi connectivity index (χ1v) is 7.10. The molecule has 1 fully saturated rings. The number of pyridine rings is 1. The highest BCUT2D eigenvalue weighted by Gasteiger charge is 2.35. The maximum atomic E-state index is 11.9. The number of hydrogen-bond donors (Lipinski definition) is 0. The van der Waals surface area contributed by atoms with Crippen LogP contribution in [0.5, 0.6) is 0 Å². The van der Waals surface area contributed by atoms with Crippen LogP contribution in [0.25, 0.3) is 11.0 Å². The molecule has 6 nitrogen and oxygen atoms in total. The number of rotatable bonds is 1. The number of likely N-dealkylation sites (tertiary alicyclic amines) is 1. The summed E-state index contributed by atoms with van der Waals surface area (Å²) < 4.78 is 7.48. The molecule has 0 bridgehead atoms. The van der Waals surface area contributed by atoms with Gasteiger partial charge < -0.3 is 14.2 Å². The monoisotopic (exact) mass is 288 g/mol. The van der Waals surface area contributed by atoms with E-state index in [2.05, 4.69) is 14.5 Å². The number of ether oxygens (including phenoxy) is 1. The zero-order valence-electron chi connectivity index (χ0n) is 12.8. The predicted octanol–water partition coefficient (Wildman–Crippen LogP) is 2.53. The minimum Gasteiger partial charge on any atom is -0.444 e. The van der Waals surface area contributed by atoms with Crippen LogP contribution >= 0.6 is 0 Å². The van der Waals surface area contributed by atoms with Gasteiger partial charge in [0.2, 0.25) is 0 Å². The van der Waals surface area contributed by atoms with Gasteiger partial charge in [0, 0.05) is 18.8 Å². The van der Waals surface area contributed by atoms with E-state index in [1.807, 2.05) is 40.1 Å². The van der Waals surface area contributed by atoms with Crippen LogP contribution in [0, 0.1) is 6.92 Å². The van der Waals surface area contributed by atoms with Gasteiger partial charge in [0.1, 0.15) is 11.1 Å². The predicted molar refractivity (Wildman–Crippen MR) is 79.1 cm³/mol. The first kappa shape index (κ1) is 13.9. The number of amides is 1. The summed E-state index contributed by atoms with van der Waals surface area (Å²) in [5.41, 5.74) is 2.47. The number of aryl methyl sites for hydroxylation is 1. The Morgan fingerprint density at radius 2 is 2.05 bits per heavy atom. The van der Waals surface area contributed by atoms with Crippen molar-refractivity contribution in [2.75, 3.05) is 13.1 Å². The van der Waals surface area contributed by atoms with Crippen LogP contribution in [-0.2, 0) is 4.74 Å². The SMILES string of the molecule is Cc1cc2c(cn1)ncn2C1CN(C(=O)OC(C)(C)C)C1. The Morgan fingerprint density at radius 3 is 2.71 bits per heavy atom. The lowest BCUT2D eigenvalue weighted by atomic mass is 10.1. The minimum atomic E-state index is -0.452. The molecule has 0 spiro atoms. The Morgan fingerprint density at radius 1 is 1.33 bits per heavy atom. The van der Waals surface area contributed by atoms with Gasteiger partial charge in [-0.05, 0) is 33.8 Å². The van der Waals surface area contributed by atoms with E-state index in [1.54, 1.807) is 11.1 Å². The van der Waals surface area contributed by atoms with Crippen LogP contribution in [0.15, 0.2) is 18.6 Å². The highest BCUT2D eigenvalue weighted by atomic mass is 16.6. The van der Waals surface area contributed by atoms with Gasteiger partial charge in [-0.1, -0.05) is 0 Å². The molecular formula is C15H20N4O2. The summed E-state index contributed by atoms with van der Waals surface area (Å²) in [4.78, 5) is 22.3. The Kier molecular flexibility index (Phi) is 3.11. The van der Waals surface area contributed by atoms with E-state index in [-0.39, 0.29) is 12.1 Å². The zero-order valence-corrected chi connectivity index (χ0v) is 12.8. The van der Waals surface area contributed by atoms with Crippen molar-refractivity contribution in [3.05, 3.63) is 24.3 Å². The molecule has 2 aromatic heterocycles. The molecule has 0 aliphatic carbocycles. The summed E-state index contributed by atoms with van der Waals surface area (Å²) >= 11 is 0. The van der Waals surface area contributed by atoms with Gasteiger partial charge in [-0.25, -0.2) is 9.78 Å². The van der Waals surface area contributed by atoms with Crippen molar-refractivity contribution in [1.82, 2.24) is 19.4 Å². The van der Waals surface area contributed by atoms with Crippen molar-refractivity contribution in [2.24, 2.45) is 0 Å². The van der Waals surface area contributed by atoms with Crippen molar-refractivity contribution < 1.29 is 9.53 Å². The van der Waals surface area contributed by atoms with Crippen LogP contribution in [-0.4, -0.2) is 44.2 Å². The fourth-order valence-corrected chi connectivity index (χ4v) is 2.43. The Hall–Kier alpha value is -2.11. The molecule has 3 rings (SSSR count). The first-order valence-electron chi connectivity index (χ1n) is 7.10. The molecule has 3 heterocycles. The summed E-state index contributed by atoms with van der Waals surface area (Å²) in [6, 6.07) is 2.28. The molecular weight excluding hydrogens is 268 g/mol. The van der Waals surface area contributed by atoms with Gasteiger partial charge in [0.15, 0.2) is 0 Å². The molecule has 6 heteroatoms. The Labute approximate surface area is 123 Å². The molecule has 1 saturated heterocycles. The quantitative estimate of drug-likeness (QED) is 0.809. The topological polar surface area (TPSA) is 60.2 Å². The number of imidazole rings is 1. The van der Waals surface area contributed by atoms with E-state index in [1.165, 1.54) is 0 Å². The molecule has 0 unspecified atom stereocenters. The lowest BCUT2D eigenvalue weighted by Gasteiger charge is -2.40. The zero-order chi connectivity index (χ0) is 15.2. The third-order valence-electron chi connectivity index (χ3n) is 3.51. The van der Waals surface area contributed by atoms with E-state index in [0.29, 0.717) is 13.1 Å². The molecule has 0 radical (unpaired) electrons. The van der Waals surface area contributed by atoms with E-state index in [9.17, 15) is 4.79 Å². The first-order chi connectivity index (χ1) is 9.83. The molecule has 0 N–H and O–H groups in total. The van der Waals surface area contributed by atoms with Gasteiger partial charge in [-0.3, -0.25) is 4.98 Å². The summed E-state index contributed by atoms with van der Waals surface area (Å²) in [5, 5.41) is 0. The van der Waals surface area contributed by atoms with E-state index >= 15 is 0 Å². The number of carbonyl (C=O) groups excluding carboxylic acids is 1. The Balaban J connectivity index is 1.70. The number of nitrogens with zero attached hydrogens (tertiary/aromatic N) is 4. The van der Waals surface area contributed by atoms with Gasteiger partial charge in [-0.15, -0.1) is 0 Å². The van der Waals surface area contributed by atoms with Gasteiger partial charge in [0.05, 0.1) is 24.1 Å². The molecule has 1 amide bonds. The average Bonchev–Trinajstić information content (AvgIpc) is 2.68. The average molecular weight is 288 g/mol. The fourth-order valence-electron chi connectivity index (χ4n) is 2.43. The summed E-state index contributed by atoms with van der Waals surface area (Å²) in [6.07, 6.45) is 3.36. The molecule has 0 saturated carbocycles. The van der Waals surface area contributed by atoms with Gasteiger partial charge in [0.25, 0.3) is 0 Å². The summed E-state index contributed by atoms with van der Waals surface area (Å²) in [6.45, 7) is 8.90. The van der Waals surface area contributed by atoms with E-state index in [0.717, 1.165) is 16.7 Å². The molecule has 21 heavy (non-hydrogen) atoms. The number of carbonyl (C=O) groups is 1. The maximum absolute atomic E-state index is 11.9. The maximum Gasteiger partial charge on any atom is 0.410 e. The van der Waals surface area contributed by atoms with E-state index in [4.69, 9.17) is 4.74 Å². The second-order valence-electron chi connectivity index (χ2n) is 6.51. The van der Waals surface area contributed by atoms with Crippen molar-refractivity contribution in [1.29, 1.82) is 0 Å². The summed E-state index contributed by atoms with van der Waals surface area (Å²) in [7, 11) is 0. The standard InChI is InChI=1S/C15H20N4O2/c1-10-5-13-12(6-16-10)17-9-19(13)11-7-18(8-11)14(20)21-15(2,3)4/h5-6,9,11H,7-8H2,1-4H3. The third kappa shape index (κ3) is 2.70. The lowest BCUT2D eigenvalue weighted by molar-refractivity contribution is 0.00151. The van der Waals surface area contributed by atoms with Crippen LogP contribution in [0.4, 0.5) is 4.79 Å². The minimum absolute atomic E-state index is 0.249. The van der Waals surface area contributed by atoms with Crippen molar-refractivity contribution in [3.63, 3.8) is 0 Å². The number of hydrogen-bond acceptors (Lipinski definition) is 4. The largest absolute Gasteiger partial charge is 0.444 e. The van der Waals surface area contributed by atoms with Crippen LogP contribution in [0.1, 0.15) is 32.5 Å². The second kappa shape index (κ2) is 4.72. The molecule has 1 aliphatic heterocycles. The van der Waals surface area contributed by atoms with Crippen molar-refractivity contribution in [3.8, 4) is 0 Å². The molecule has 1 aliphatic rings. The van der Waals surface area contributed by atoms with Gasteiger partial charge in [-0.2, -0.15) is 0 Å². The third-order valence-corrected chi connectivity index (χ3v) is 3.51. The van der Waals surface area contributed by atoms with Crippen molar-refractivity contribution in [2.45, 2.75) is 39.3 Å². The Bertz CT molecular complexity index is 681. The number of aromatic nitrogens is 3. The lowest BCUT2D eigenvalue weighted by Crippen LogP contribution is -2.52. The normalized spacial score (nSPS) is 16.1. The van der Waals surface area contributed by atoms with Crippen LogP contribution in [0.2, 0.25) is 0 Å². The molecule has 0 aromatic carbocycles. The molecule has 2 aromatic rings. The van der Waals surface area contributed by atoms with Gasteiger partial charge >= 0.3 is 6.09 Å². The highest BCUT2D eigenvalue weighted by Crippen LogP contribution is 2.27. The molecule has 0 atom stereocenters. The summed E-state index contributed by atoms with van der Waals surface area (Å²) in [5.74, 6) is 0. The van der Waals surface area contributed by atoms with Crippen LogP contribution in [0.3, 0.4) is 0 Å². The van der Waals surface area contributed by atoms with E-state index < -0.39 is 5.60 Å². The van der Waals surface area contributed by atoms with Crippen molar-refractivity contribution >= 4 is 17.1 Å².